The maximum atomic E-state index is 13.9. The number of rotatable bonds is 11. The Bertz CT molecular complexity index is 1440. The number of H-pyrrole nitrogens is 1. The first kappa shape index (κ1) is 27.7. The van der Waals surface area contributed by atoms with E-state index in [1.807, 2.05) is 30.3 Å². The zero-order valence-corrected chi connectivity index (χ0v) is 21.6. The summed E-state index contributed by atoms with van der Waals surface area (Å²) in [5.74, 6) is 0.264. The van der Waals surface area contributed by atoms with Crippen LogP contribution in [0.2, 0.25) is 0 Å². The first-order valence-corrected chi connectivity index (χ1v) is 12.7. The first-order chi connectivity index (χ1) is 18.8. The van der Waals surface area contributed by atoms with Crippen molar-refractivity contribution < 1.29 is 22.7 Å². The van der Waals surface area contributed by atoms with Gasteiger partial charge in [0.25, 0.3) is 0 Å². The number of pyridine rings is 1. The molecule has 2 heterocycles. The van der Waals surface area contributed by atoms with Crippen LogP contribution in [0, 0.1) is 0 Å². The summed E-state index contributed by atoms with van der Waals surface area (Å²) in [5, 5.41) is 3.43. The summed E-state index contributed by atoms with van der Waals surface area (Å²) in [6.07, 6.45) is 3.58. The second-order valence-electron chi connectivity index (χ2n) is 9.04. The number of aromatic nitrogens is 2. The third kappa shape index (κ3) is 7.83. The molecule has 0 bridgehead atoms. The number of carbonyl (C=O) groups excluding carboxylic acids is 1. The van der Waals surface area contributed by atoms with Gasteiger partial charge in [0.1, 0.15) is 0 Å². The molecule has 4 rings (SSSR count). The van der Waals surface area contributed by atoms with Crippen LogP contribution < -0.4 is 10.1 Å². The monoisotopic (exact) mass is 533 g/mol. The minimum Gasteiger partial charge on any atom is -0.478 e. The van der Waals surface area contributed by atoms with Crippen molar-refractivity contribution >= 4 is 28.0 Å². The van der Waals surface area contributed by atoms with Crippen LogP contribution in [0.25, 0.3) is 22.0 Å². The number of unbranched alkanes of at least 4 members (excludes halogenated alkanes) is 2. The maximum absolute atomic E-state index is 13.9. The van der Waals surface area contributed by atoms with Gasteiger partial charge < -0.3 is 15.0 Å². The van der Waals surface area contributed by atoms with Crippen LogP contribution in [0.1, 0.15) is 42.4 Å². The van der Waals surface area contributed by atoms with Gasteiger partial charge in [0, 0.05) is 36.6 Å². The number of hydrogen-bond donors (Lipinski definition) is 2. The first-order valence-electron chi connectivity index (χ1n) is 12.7. The zero-order chi connectivity index (χ0) is 27.7. The highest BCUT2D eigenvalue weighted by molar-refractivity contribution is 6.00. The molecule has 0 aliphatic heterocycles. The fourth-order valence-corrected chi connectivity index (χ4v) is 4.33. The van der Waals surface area contributed by atoms with Gasteiger partial charge in [0.05, 0.1) is 13.0 Å². The van der Waals surface area contributed by atoms with Crippen molar-refractivity contribution in [3.8, 4) is 5.88 Å². The summed E-state index contributed by atoms with van der Waals surface area (Å²) >= 11 is 0. The van der Waals surface area contributed by atoms with E-state index >= 15 is 0 Å². The Kier molecular flexibility index (Phi) is 9.20. The van der Waals surface area contributed by atoms with Crippen molar-refractivity contribution in [2.75, 3.05) is 13.7 Å². The zero-order valence-electron chi connectivity index (χ0n) is 21.6. The third-order valence-corrected chi connectivity index (χ3v) is 6.20. The second-order valence-corrected chi connectivity index (χ2v) is 9.04. The Morgan fingerprint density at radius 1 is 1.00 bits per heavy atom. The summed E-state index contributed by atoms with van der Waals surface area (Å²) in [6, 6.07) is 19.6. The maximum Gasteiger partial charge on any atom is 0.393 e. The number of carbonyl (C=O) groups is 1. The molecule has 1 amide bonds. The topological polar surface area (TPSA) is 67.0 Å². The van der Waals surface area contributed by atoms with Gasteiger partial charge >= 0.3 is 6.18 Å². The van der Waals surface area contributed by atoms with Crippen molar-refractivity contribution in [3.05, 3.63) is 108 Å². The molecule has 0 saturated heterocycles. The van der Waals surface area contributed by atoms with Gasteiger partial charge in [-0.2, -0.15) is 13.2 Å². The van der Waals surface area contributed by atoms with Crippen molar-refractivity contribution in [3.63, 3.8) is 0 Å². The molecule has 2 aromatic carbocycles. The molecule has 0 fully saturated rings. The van der Waals surface area contributed by atoms with Crippen molar-refractivity contribution in [2.24, 2.45) is 0 Å². The molecule has 0 aliphatic rings. The van der Waals surface area contributed by atoms with Crippen LogP contribution in [0.3, 0.4) is 0 Å². The van der Waals surface area contributed by atoms with Gasteiger partial charge in [-0.3, -0.25) is 4.79 Å². The molecule has 0 atom stereocenters. The van der Waals surface area contributed by atoms with E-state index in [2.05, 4.69) is 15.3 Å². The quantitative estimate of drug-likeness (QED) is 0.121. The summed E-state index contributed by atoms with van der Waals surface area (Å²) in [6.45, 7) is 0.441. The molecule has 2 N–H and O–H groups in total. The van der Waals surface area contributed by atoms with E-state index in [0.717, 1.165) is 30.2 Å². The van der Waals surface area contributed by atoms with Crippen LogP contribution in [0.4, 0.5) is 13.2 Å². The average molecular weight is 534 g/mol. The van der Waals surface area contributed by atoms with Crippen LogP contribution in [-0.2, 0) is 4.79 Å². The second kappa shape index (κ2) is 13.0. The molecular weight excluding hydrogens is 503 g/mol. The molecule has 0 saturated carbocycles. The number of aromatic amines is 1. The molecule has 0 spiro atoms. The number of halogens is 3. The molecule has 0 radical (unpaired) electrons. The van der Waals surface area contributed by atoms with Crippen LogP contribution in [-0.4, -0.2) is 35.7 Å². The number of benzene rings is 2. The third-order valence-electron chi connectivity index (χ3n) is 6.20. The summed E-state index contributed by atoms with van der Waals surface area (Å²) in [5.41, 5.74) is 3.30. The molecule has 0 unspecified atom stereocenters. The minimum absolute atomic E-state index is 0.136. The Hall–Kier alpha value is -4.33. The van der Waals surface area contributed by atoms with Gasteiger partial charge in [-0.15, -0.1) is 0 Å². The van der Waals surface area contributed by atoms with Crippen LogP contribution >= 0.6 is 0 Å². The highest BCUT2D eigenvalue weighted by Crippen LogP contribution is 2.40. The fourth-order valence-electron chi connectivity index (χ4n) is 4.33. The number of likely N-dealkylation sites (N-methyl/N-ethyl adjacent to an activating group) is 1. The average Bonchev–Trinajstić information content (AvgIpc) is 3.41. The lowest BCUT2D eigenvalue weighted by Gasteiger charge is -2.19. The number of fused-ring (bicyclic) bond motifs is 1. The molecular formula is C31H30F3N3O2. The Morgan fingerprint density at radius 3 is 2.51 bits per heavy atom. The number of nitrogens with zero attached hydrogens (tertiary/aromatic N) is 1. The SMILES string of the molecule is CNC(=O)/C=C/CCCCOc1ccc(/C(=C(/CC(F)(F)F)c2ccccc2)c2ccc3[nH]ccc3c2)cn1. The van der Waals surface area contributed by atoms with Gasteiger partial charge in [-0.05, 0) is 77.3 Å². The largest absolute Gasteiger partial charge is 0.478 e. The number of allylic oxidation sites excluding steroid dienone is 2. The van der Waals surface area contributed by atoms with E-state index in [4.69, 9.17) is 4.74 Å². The number of hydrogen-bond acceptors (Lipinski definition) is 3. The smallest absolute Gasteiger partial charge is 0.393 e. The summed E-state index contributed by atoms with van der Waals surface area (Å²) in [7, 11) is 1.58. The number of ether oxygens (including phenoxy) is 1. The number of amides is 1. The number of nitrogens with one attached hydrogen (secondary N) is 2. The van der Waals surface area contributed by atoms with Gasteiger partial charge in [-0.25, -0.2) is 4.98 Å². The standard InChI is InChI=1S/C31H30F3N3O2/c1-35-28(38)11-7-2-3-8-18-39-29-15-13-25(21-37-29)30(24-12-14-27-23(19-24)16-17-36-27)26(20-31(32,33)34)22-9-5-4-6-10-22/h4-7,9-17,19,21,36H,2-3,8,18,20H2,1H3,(H,35,38)/b11-7+,30-26-. The van der Waals surface area contributed by atoms with E-state index < -0.39 is 12.6 Å². The lowest BCUT2D eigenvalue weighted by Crippen LogP contribution is -2.13. The van der Waals surface area contributed by atoms with Crippen molar-refractivity contribution in [1.82, 2.24) is 15.3 Å². The molecule has 5 nitrogen and oxygen atoms in total. The van der Waals surface area contributed by atoms with E-state index in [-0.39, 0.29) is 11.5 Å². The summed E-state index contributed by atoms with van der Waals surface area (Å²) < 4.78 is 47.3. The molecule has 2 aromatic heterocycles. The lowest BCUT2D eigenvalue weighted by atomic mass is 9.88. The highest BCUT2D eigenvalue weighted by Gasteiger charge is 2.31. The minimum atomic E-state index is -4.40. The van der Waals surface area contributed by atoms with Gasteiger partial charge in [0.2, 0.25) is 11.8 Å². The summed E-state index contributed by atoms with van der Waals surface area (Å²) in [4.78, 5) is 18.7. The van der Waals surface area contributed by atoms with Crippen molar-refractivity contribution in [2.45, 2.75) is 31.9 Å². The Labute approximate surface area is 225 Å². The van der Waals surface area contributed by atoms with E-state index in [0.29, 0.717) is 34.8 Å². The molecule has 4 aromatic rings. The predicted molar refractivity (Wildman–Crippen MR) is 148 cm³/mol. The highest BCUT2D eigenvalue weighted by atomic mass is 19.4. The molecule has 202 valence electrons. The molecule has 0 aliphatic carbocycles. The van der Waals surface area contributed by atoms with E-state index in [9.17, 15) is 18.0 Å². The molecule has 39 heavy (non-hydrogen) atoms. The van der Waals surface area contributed by atoms with Crippen LogP contribution in [0.15, 0.2) is 91.3 Å². The Morgan fingerprint density at radius 2 is 1.79 bits per heavy atom. The fraction of sp³-hybridized carbons (Fsp3) is 0.226. The predicted octanol–water partition coefficient (Wildman–Crippen LogP) is 7.33. The van der Waals surface area contributed by atoms with Gasteiger partial charge in [-0.1, -0.05) is 42.5 Å². The molecule has 8 heteroatoms. The lowest BCUT2D eigenvalue weighted by molar-refractivity contribution is -0.123. The number of alkyl halides is 3. The van der Waals surface area contributed by atoms with Crippen molar-refractivity contribution in [1.29, 1.82) is 0 Å². The Balaban J connectivity index is 1.61. The van der Waals surface area contributed by atoms with E-state index in [1.165, 1.54) is 6.08 Å². The van der Waals surface area contributed by atoms with E-state index in [1.54, 1.807) is 61.9 Å². The normalized spacial score (nSPS) is 12.5. The van der Waals surface area contributed by atoms with Gasteiger partial charge in [0.15, 0.2) is 0 Å². The van der Waals surface area contributed by atoms with Crippen LogP contribution in [0.5, 0.6) is 5.88 Å².